The molecule has 0 unspecified atom stereocenters. The summed E-state index contributed by atoms with van der Waals surface area (Å²) in [6.07, 6.45) is -1.21. The number of aromatic nitrogens is 4. The third kappa shape index (κ3) is 8.71. The predicted octanol–water partition coefficient (Wildman–Crippen LogP) is 6.28. The van der Waals surface area contributed by atoms with E-state index in [2.05, 4.69) is 65.3 Å². The summed E-state index contributed by atoms with van der Waals surface area (Å²) in [6.45, 7) is 10.1. The van der Waals surface area contributed by atoms with Gasteiger partial charge in [-0.3, -0.25) is 24.5 Å². The van der Waals surface area contributed by atoms with Crippen LogP contribution in [0.5, 0.6) is 0 Å². The summed E-state index contributed by atoms with van der Waals surface area (Å²) in [7, 11) is -2.97. The van der Waals surface area contributed by atoms with Crippen molar-refractivity contribution in [3.63, 3.8) is 0 Å². The molecule has 4 atom stereocenters. The fourth-order valence-corrected chi connectivity index (χ4v) is 12.4. The first-order valence-electron chi connectivity index (χ1n) is 20.0. The second kappa shape index (κ2) is 18.0. The average Bonchev–Trinajstić information content (AvgIpc) is 3.83. The zero-order valence-corrected chi connectivity index (χ0v) is 35.2. The van der Waals surface area contributed by atoms with Gasteiger partial charge in [-0.25, -0.2) is 14.6 Å². The number of H-pyrrole nitrogens is 1. The molecule has 2 N–H and O–H groups in total. The predicted molar refractivity (Wildman–Crippen MR) is 230 cm³/mol. The molecule has 60 heavy (non-hydrogen) atoms. The Balaban J connectivity index is 1.28. The first kappa shape index (κ1) is 41.9. The maximum absolute atomic E-state index is 13.9. The number of rotatable bonds is 14. The molecule has 13 nitrogen and oxygen atoms in total. The molecule has 1 aliphatic rings. The van der Waals surface area contributed by atoms with Crippen LogP contribution in [0.2, 0.25) is 5.04 Å². The molecule has 2 aromatic heterocycles. The highest BCUT2D eigenvalue weighted by atomic mass is 28.4. The van der Waals surface area contributed by atoms with Crippen molar-refractivity contribution in [2.24, 2.45) is 11.8 Å². The van der Waals surface area contributed by atoms with Gasteiger partial charge < -0.3 is 18.6 Å². The lowest BCUT2D eigenvalue weighted by Gasteiger charge is -2.43. The Morgan fingerprint density at radius 1 is 0.833 bits per heavy atom. The number of hydrogen-bond acceptors (Lipinski definition) is 10. The minimum atomic E-state index is -2.97. The minimum absolute atomic E-state index is 0.0348. The van der Waals surface area contributed by atoms with E-state index in [0.717, 1.165) is 10.4 Å². The summed E-state index contributed by atoms with van der Waals surface area (Å²) < 4.78 is 27.9. The van der Waals surface area contributed by atoms with Gasteiger partial charge in [-0.05, 0) is 46.1 Å². The van der Waals surface area contributed by atoms with E-state index in [4.69, 9.17) is 18.6 Å². The molecule has 0 radical (unpaired) electrons. The second-order valence-corrected chi connectivity index (χ2v) is 20.4. The molecule has 3 heterocycles. The Bertz CT molecular complexity index is 2430. The summed E-state index contributed by atoms with van der Waals surface area (Å²) in [5, 5.41) is 4.53. The molecule has 7 rings (SSSR count). The van der Waals surface area contributed by atoms with E-state index in [9.17, 15) is 19.2 Å². The van der Waals surface area contributed by atoms with Crippen molar-refractivity contribution in [1.29, 1.82) is 0 Å². The first-order valence-corrected chi connectivity index (χ1v) is 21.9. The number of esters is 2. The molecule has 1 saturated heterocycles. The molecular weight excluding hydrogens is 779 g/mol. The zero-order chi connectivity index (χ0) is 42.4. The lowest BCUT2D eigenvalue weighted by molar-refractivity contribution is -0.118. The van der Waals surface area contributed by atoms with Crippen LogP contribution in [-0.2, 0) is 23.4 Å². The van der Waals surface area contributed by atoms with Crippen LogP contribution in [0.15, 0.2) is 132 Å². The topological polar surface area (TPSA) is 164 Å². The average molecular weight is 828 g/mol. The highest BCUT2D eigenvalue weighted by molar-refractivity contribution is 6.99. The summed E-state index contributed by atoms with van der Waals surface area (Å²) in [6, 6.07) is 37.7. The summed E-state index contributed by atoms with van der Waals surface area (Å²) in [5.74, 6) is -2.67. The number of nitrogens with one attached hydrogen (secondary N) is 2. The van der Waals surface area contributed by atoms with Crippen molar-refractivity contribution < 1.29 is 33.0 Å². The number of imidazole rings is 1. The van der Waals surface area contributed by atoms with E-state index >= 15 is 0 Å². The smallest absolute Gasteiger partial charge is 0.338 e. The molecule has 1 aliphatic heterocycles. The number of nitrogens with zero attached hydrogens (tertiary/aromatic N) is 3. The van der Waals surface area contributed by atoms with E-state index in [1.165, 1.54) is 10.9 Å². The van der Waals surface area contributed by atoms with Crippen molar-refractivity contribution in [3.8, 4) is 0 Å². The van der Waals surface area contributed by atoms with Gasteiger partial charge in [0.05, 0.1) is 23.1 Å². The number of carbonyl (C=O) groups excluding carboxylic acids is 3. The van der Waals surface area contributed by atoms with Crippen LogP contribution in [0.1, 0.15) is 68.0 Å². The number of benzene rings is 4. The monoisotopic (exact) mass is 827 g/mol. The standard InChI is InChI=1S/C46H49N5O8Si/c1-30(2)40(52)49-45-48-39-37(41(53)50-45)51(29-47-39)42-38(59-44(55)32-20-12-7-13-21-32)35(28-56-43(54)31-18-10-6-11-19-31)36(58-42)26-27-57-60(46(3,4)5,33-22-14-8-15-23-33)34-24-16-9-17-25-34/h6-25,29-30,35-36,38,42H,26-28H2,1-5H3,(H2,48,49,50,52,53)/t35-,36-,38-,42-/m1/s1. The van der Waals surface area contributed by atoms with Crippen LogP contribution in [0, 0.1) is 11.8 Å². The maximum Gasteiger partial charge on any atom is 0.338 e. The van der Waals surface area contributed by atoms with E-state index in [1.807, 2.05) is 36.4 Å². The van der Waals surface area contributed by atoms with Gasteiger partial charge in [0.2, 0.25) is 11.9 Å². The van der Waals surface area contributed by atoms with Crippen LogP contribution in [0.3, 0.4) is 0 Å². The third-order valence-corrected chi connectivity index (χ3v) is 15.8. The number of fused-ring (bicyclic) bond motifs is 1. The third-order valence-electron chi connectivity index (χ3n) is 10.8. The molecule has 0 spiro atoms. The van der Waals surface area contributed by atoms with Crippen LogP contribution in [-0.4, -0.2) is 71.1 Å². The summed E-state index contributed by atoms with van der Waals surface area (Å²) >= 11 is 0. The quantitative estimate of drug-likeness (QED) is 0.0945. The van der Waals surface area contributed by atoms with E-state index in [0.29, 0.717) is 17.5 Å². The van der Waals surface area contributed by atoms with E-state index < -0.39 is 50.2 Å². The van der Waals surface area contributed by atoms with Crippen molar-refractivity contribution in [3.05, 3.63) is 149 Å². The number of anilines is 1. The normalized spacial score (nSPS) is 18.0. The minimum Gasteiger partial charge on any atom is -0.462 e. The number of ether oxygens (including phenoxy) is 3. The zero-order valence-electron chi connectivity index (χ0n) is 34.2. The van der Waals surface area contributed by atoms with Crippen molar-refractivity contribution in [2.45, 2.75) is 64.5 Å². The Morgan fingerprint density at radius 2 is 1.38 bits per heavy atom. The van der Waals surface area contributed by atoms with Crippen LogP contribution in [0.4, 0.5) is 5.95 Å². The van der Waals surface area contributed by atoms with Crippen molar-refractivity contribution in [2.75, 3.05) is 18.5 Å². The molecule has 0 aliphatic carbocycles. The van der Waals surface area contributed by atoms with Gasteiger partial charge in [0.15, 0.2) is 23.5 Å². The van der Waals surface area contributed by atoms with E-state index in [1.54, 1.807) is 74.5 Å². The number of hydrogen-bond donors (Lipinski definition) is 2. The lowest BCUT2D eigenvalue weighted by atomic mass is 9.96. The largest absolute Gasteiger partial charge is 0.462 e. The SMILES string of the molecule is CC(C)C(=O)Nc1nc2ncn([C@@H]3O[C@H](CCO[Si](c4ccccc4)(c4ccccc4)C(C)(C)C)[C@@H](COC(=O)c4ccccc4)[C@H]3OC(=O)c3ccccc3)c2c(=O)[nH]1. The van der Waals surface area contributed by atoms with Crippen molar-refractivity contribution >= 4 is 53.6 Å². The van der Waals surface area contributed by atoms with Crippen LogP contribution >= 0.6 is 0 Å². The van der Waals surface area contributed by atoms with Crippen molar-refractivity contribution in [1.82, 2.24) is 19.5 Å². The molecule has 14 heteroatoms. The molecule has 6 aromatic rings. The second-order valence-electron chi connectivity index (χ2n) is 16.1. The summed E-state index contributed by atoms with van der Waals surface area (Å²) in [5.41, 5.74) is 0.137. The lowest BCUT2D eigenvalue weighted by Crippen LogP contribution is -2.66. The van der Waals surface area contributed by atoms with Gasteiger partial charge in [0, 0.05) is 12.5 Å². The van der Waals surface area contributed by atoms with Gasteiger partial charge in [-0.1, -0.05) is 132 Å². The Kier molecular flexibility index (Phi) is 12.5. The highest BCUT2D eigenvalue weighted by Gasteiger charge is 2.52. The molecule has 0 bridgehead atoms. The van der Waals surface area contributed by atoms with Gasteiger partial charge in [0.25, 0.3) is 13.9 Å². The highest BCUT2D eigenvalue weighted by Crippen LogP contribution is 2.41. The Morgan fingerprint density at radius 3 is 1.93 bits per heavy atom. The number of carbonyl (C=O) groups is 3. The summed E-state index contributed by atoms with van der Waals surface area (Å²) in [4.78, 5) is 65.0. The molecule has 0 saturated carbocycles. The van der Waals surface area contributed by atoms with Gasteiger partial charge in [0.1, 0.15) is 12.9 Å². The van der Waals surface area contributed by atoms with Crippen LogP contribution in [0.25, 0.3) is 11.2 Å². The first-order chi connectivity index (χ1) is 28.9. The van der Waals surface area contributed by atoms with Crippen LogP contribution < -0.4 is 21.2 Å². The van der Waals surface area contributed by atoms with Gasteiger partial charge in [-0.2, -0.15) is 4.98 Å². The molecular formula is C46H49N5O8Si. The Hall–Kier alpha value is -6.22. The van der Waals surface area contributed by atoms with Gasteiger partial charge in [-0.15, -0.1) is 0 Å². The molecule has 1 fully saturated rings. The van der Waals surface area contributed by atoms with Gasteiger partial charge >= 0.3 is 11.9 Å². The molecule has 1 amide bonds. The molecule has 310 valence electrons. The van der Waals surface area contributed by atoms with E-state index in [-0.39, 0.29) is 47.2 Å². The Labute approximate surface area is 349 Å². The fourth-order valence-electron chi connectivity index (χ4n) is 7.78. The number of amides is 1. The number of aromatic amines is 1. The maximum atomic E-state index is 13.9. The molecule has 4 aromatic carbocycles. The fraction of sp³-hybridized carbons (Fsp3) is 0.304.